The van der Waals surface area contributed by atoms with E-state index in [9.17, 15) is 18.8 Å². The predicted molar refractivity (Wildman–Crippen MR) is 86.1 cm³/mol. The first kappa shape index (κ1) is 17.9. The number of carbonyl (C=O) groups excluding carboxylic acids is 2. The molecule has 0 aliphatic carbocycles. The first-order chi connectivity index (χ1) is 11.3. The number of hydrogen-bond donors (Lipinski definition) is 2. The molecule has 6 nitrogen and oxygen atoms in total. The molecule has 1 aliphatic heterocycles. The molecule has 0 spiro atoms. The van der Waals surface area contributed by atoms with E-state index < -0.39 is 23.6 Å². The second-order valence-electron chi connectivity index (χ2n) is 6.42. The van der Waals surface area contributed by atoms with E-state index in [1.807, 2.05) is 13.8 Å². The second-order valence-corrected chi connectivity index (χ2v) is 6.42. The molecule has 24 heavy (non-hydrogen) atoms. The van der Waals surface area contributed by atoms with Gasteiger partial charge >= 0.3 is 5.97 Å². The fourth-order valence-corrected chi connectivity index (χ4v) is 2.65. The highest BCUT2D eigenvalue weighted by Crippen LogP contribution is 2.22. The number of carbonyl (C=O) groups is 3. The smallest absolute Gasteiger partial charge is 0.308 e. The van der Waals surface area contributed by atoms with Crippen molar-refractivity contribution < 1.29 is 23.9 Å². The van der Waals surface area contributed by atoms with E-state index in [0.29, 0.717) is 13.0 Å². The number of amides is 2. The fraction of sp³-hybridized carbons (Fsp3) is 0.471. The minimum atomic E-state index is -0.931. The van der Waals surface area contributed by atoms with E-state index in [1.54, 1.807) is 0 Å². The summed E-state index contributed by atoms with van der Waals surface area (Å²) in [7, 11) is 0. The van der Waals surface area contributed by atoms with Crippen LogP contribution in [0.3, 0.4) is 0 Å². The van der Waals surface area contributed by atoms with E-state index in [-0.39, 0.29) is 36.0 Å². The molecular formula is C17H21FN2O4. The van der Waals surface area contributed by atoms with Crippen LogP contribution in [0.5, 0.6) is 0 Å². The summed E-state index contributed by atoms with van der Waals surface area (Å²) in [5, 5.41) is 11.5. The van der Waals surface area contributed by atoms with E-state index in [0.717, 1.165) is 6.07 Å². The van der Waals surface area contributed by atoms with Gasteiger partial charge in [0.05, 0.1) is 11.6 Å². The number of aliphatic carboxylic acids is 1. The van der Waals surface area contributed by atoms with Crippen molar-refractivity contribution in [3.63, 3.8) is 0 Å². The van der Waals surface area contributed by atoms with Crippen molar-refractivity contribution in [3.05, 3.63) is 29.6 Å². The summed E-state index contributed by atoms with van der Waals surface area (Å²) < 4.78 is 14.1. The fourth-order valence-electron chi connectivity index (χ4n) is 2.65. The van der Waals surface area contributed by atoms with Crippen LogP contribution in [-0.4, -0.2) is 40.9 Å². The predicted octanol–water partition coefficient (Wildman–Crippen LogP) is 2.36. The maximum absolute atomic E-state index is 14.1. The molecule has 1 fully saturated rings. The minimum Gasteiger partial charge on any atom is -0.481 e. The second kappa shape index (κ2) is 7.42. The number of halogens is 1. The Morgan fingerprint density at radius 2 is 2.08 bits per heavy atom. The van der Waals surface area contributed by atoms with Crippen molar-refractivity contribution in [3.8, 4) is 0 Å². The maximum atomic E-state index is 14.1. The number of rotatable bonds is 5. The quantitative estimate of drug-likeness (QED) is 0.864. The summed E-state index contributed by atoms with van der Waals surface area (Å²) in [6.07, 6.45) is 0.678. The zero-order valence-electron chi connectivity index (χ0n) is 13.7. The Morgan fingerprint density at radius 1 is 1.38 bits per heavy atom. The molecule has 2 N–H and O–H groups in total. The number of anilines is 1. The Labute approximate surface area is 139 Å². The number of hydrogen-bond acceptors (Lipinski definition) is 3. The Bertz CT molecular complexity index is 660. The summed E-state index contributed by atoms with van der Waals surface area (Å²) in [5.41, 5.74) is 0.169. The van der Waals surface area contributed by atoms with Gasteiger partial charge in [-0.25, -0.2) is 4.39 Å². The highest BCUT2D eigenvalue weighted by molar-refractivity contribution is 5.96. The average molecular weight is 336 g/mol. The lowest BCUT2D eigenvalue weighted by atomic mass is 10.1. The maximum Gasteiger partial charge on any atom is 0.308 e. The third-order valence-electron chi connectivity index (χ3n) is 3.91. The summed E-state index contributed by atoms with van der Waals surface area (Å²) in [6.45, 7) is 4.24. The van der Waals surface area contributed by atoms with E-state index in [1.165, 1.54) is 17.0 Å². The van der Waals surface area contributed by atoms with Crippen LogP contribution in [0.15, 0.2) is 18.2 Å². The van der Waals surface area contributed by atoms with Gasteiger partial charge in [0.15, 0.2) is 0 Å². The van der Waals surface area contributed by atoms with Crippen LogP contribution in [-0.2, 0) is 9.59 Å². The number of carboxylic acid groups (broad SMARTS) is 1. The topological polar surface area (TPSA) is 86.7 Å². The molecule has 0 radical (unpaired) electrons. The Hall–Kier alpha value is -2.44. The Balaban J connectivity index is 2.05. The minimum absolute atomic E-state index is 0.0297. The van der Waals surface area contributed by atoms with Crippen molar-refractivity contribution in [2.45, 2.75) is 26.7 Å². The number of nitrogens with one attached hydrogen (secondary N) is 1. The molecule has 1 aromatic rings. The van der Waals surface area contributed by atoms with Gasteiger partial charge in [-0.15, -0.1) is 0 Å². The van der Waals surface area contributed by atoms with E-state index >= 15 is 0 Å². The molecule has 2 rings (SSSR count). The van der Waals surface area contributed by atoms with Crippen molar-refractivity contribution in [2.75, 3.05) is 18.4 Å². The number of likely N-dealkylation sites (tertiary alicyclic amines) is 1. The summed E-state index contributed by atoms with van der Waals surface area (Å²) >= 11 is 0. The molecule has 130 valence electrons. The van der Waals surface area contributed by atoms with Crippen LogP contribution in [0.2, 0.25) is 0 Å². The lowest BCUT2D eigenvalue weighted by molar-refractivity contribution is -0.141. The van der Waals surface area contributed by atoms with Gasteiger partial charge in [0.2, 0.25) is 5.91 Å². The number of benzene rings is 1. The van der Waals surface area contributed by atoms with Gasteiger partial charge in [0, 0.05) is 25.1 Å². The highest BCUT2D eigenvalue weighted by atomic mass is 19.1. The first-order valence-corrected chi connectivity index (χ1v) is 7.89. The van der Waals surface area contributed by atoms with Gasteiger partial charge < -0.3 is 15.3 Å². The molecule has 1 heterocycles. The van der Waals surface area contributed by atoms with Crippen LogP contribution < -0.4 is 5.32 Å². The lowest BCUT2D eigenvalue weighted by Gasteiger charge is -2.16. The van der Waals surface area contributed by atoms with Crippen molar-refractivity contribution in [2.24, 2.45) is 11.8 Å². The molecule has 0 bridgehead atoms. The van der Waals surface area contributed by atoms with E-state index in [4.69, 9.17) is 5.11 Å². The third-order valence-corrected chi connectivity index (χ3v) is 3.91. The Morgan fingerprint density at radius 3 is 2.62 bits per heavy atom. The first-order valence-electron chi connectivity index (χ1n) is 7.89. The van der Waals surface area contributed by atoms with Crippen LogP contribution in [0.1, 0.15) is 37.0 Å². The third kappa shape index (κ3) is 4.31. The molecule has 1 saturated heterocycles. The molecule has 0 saturated carbocycles. The zero-order chi connectivity index (χ0) is 17.9. The van der Waals surface area contributed by atoms with Crippen molar-refractivity contribution in [1.82, 2.24) is 4.90 Å². The highest BCUT2D eigenvalue weighted by Gasteiger charge is 2.31. The molecular weight excluding hydrogens is 315 g/mol. The van der Waals surface area contributed by atoms with Gasteiger partial charge in [0.25, 0.3) is 5.91 Å². The van der Waals surface area contributed by atoms with Crippen LogP contribution in [0, 0.1) is 17.7 Å². The standard InChI is InChI=1S/C17H21FN2O4/c1-10(2)7-15(21)19-14-4-3-11(8-13(14)18)16(22)20-6-5-12(9-20)17(23)24/h3-4,8,10,12H,5-7,9H2,1-2H3,(H,19,21)(H,23,24). The average Bonchev–Trinajstić information content (AvgIpc) is 2.97. The molecule has 1 unspecified atom stereocenters. The molecule has 2 amide bonds. The summed E-state index contributed by atoms with van der Waals surface area (Å²) in [6, 6.07) is 3.86. The molecule has 1 atom stereocenters. The van der Waals surface area contributed by atoms with Gasteiger partial charge in [-0.1, -0.05) is 13.8 Å². The molecule has 1 aliphatic rings. The zero-order valence-corrected chi connectivity index (χ0v) is 13.7. The number of nitrogens with zero attached hydrogens (tertiary/aromatic N) is 1. The Kier molecular flexibility index (Phi) is 5.54. The summed E-state index contributed by atoms with van der Waals surface area (Å²) in [5.74, 6) is -2.73. The van der Waals surface area contributed by atoms with Crippen molar-refractivity contribution >= 4 is 23.5 Å². The van der Waals surface area contributed by atoms with Gasteiger partial charge in [0.1, 0.15) is 5.82 Å². The van der Waals surface area contributed by atoms with Crippen molar-refractivity contribution in [1.29, 1.82) is 0 Å². The van der Waals surface area contributed by atoms with Gasteiger partial charge in [-0.3, -0.25) is 14.4 Å². The molecule has 1 aromatic carbocycles. The molecule has 7 heteroatoms. The van der Waals surface area contributed by atoms with Gasteiger partial charge in [-0.2, -0.15) is 0 Å². The van der Waals surface area contributed by atoms with E-state index in [2.05, 4.69) is 5.32 Å². The lowest BCUT2D eigenvalue weighted by Crippen LogP contribution is -2.30. The van der Waals surface area contributed by atoms with Crippen LogP contribution >= 0.6 is 0 Å². The molecule has 0 aromatic heterocycles. The monoisotopic (exact) mass is 336 g/mol. The van der Waals surface area contributed by atoms with Crippen LogP contribution in [0.25, 0.3) is 0 Å². The van der Waals surface area contributed by atoms with Gasteiger partial charge in [-0.05, 0) is 30.5 Å². The largest absolute Gasteiger partial charge is 0.481 e. The number of carboxylic acids is 1. The SMILES string of the molecule is CC(C)CC(=O)Nc1ccc(C(=O)N2CCC(C(=O)O)C2)cc1F. The van der Waals surface area contributed by atoms with Crippen LogP contribution in [0.4, 0.5) is 10.1 Å². The normalized spacial score (nSPS) is 17.2. The summed E-state index contributed by atoms with van der Waals surface area (Å²) in [4.78, 5) is 36.4.